The molecule has 0 aliphatic rings. The predicted octanol–water partition coefficient (Wildman–Crippen LogP) is 2.63. The molecule has 1 amide bonds. The van der Waals surface area contributed by atoms with Gasteiger partial charge in [0.05, 0.1) is 4.90 Å². The zero-order valence-corrected chi connectivity index (χ0v) is 15.6. The summed E-state index contributed by atoms with van der Waals surface area (Å²) < 4.78 is 40.4. The fourth-order valence-electron chi connectivity index (χ4n) is 2.46. The van der Waals surface area contributed by atoms with Crippen LogP contribution < -0.4 is 10.0 Å². The molecule has 0 saturated carbocycles. The molecule has 2 aromatic carbocycles. The topological polar surface area (TPSA) is 88.2 Å². The van der Waals surface area contributed by atoms with E-state index in [4.69, 9.17) is 0 Å². The molecule has 6 nitrogen and oxygen atoms in total. The van der Waals surface area contributed by atoms with Crippen molar-refractivity contribution in [3.8, 4) is 0 Å². The smallest absolute Gasteiger partial charge is 0.251 e. The average molecular weight is 399 g/mol. The number of benzene rings is 2. The average Bonchev–Trinajstić information content (AvgIpc) is 2.72. The summed E-state index contributed by atoms with van der Waals surface area (Å²) in [5.74, 6) is -0.777. The lowest BCUT2D eigenvalue weighted by Gasteiger charge is -2.09. The largest absolute Gasteiger partial charge is 0.348 e. The molecule has 0 spiro atoms. The Labute approximate surface area is 162 Å². The number of nitrogens with zero attached hydrogens (tertiary/aromatic N) is 1. The summed E-state index contributed by atoms with van der Waals surface area (Å²) >= 11 is 0. The predicted molar refractivity (Wildman–Crippen MR) is 102 cm³/mol. The zero-order chi connectivity index (χ0) is 20.0. The van der Waals surface area contributed by atoms with Crippen LogP contribution in [0.5, 0.6) is 0 Å². The maximum Gasteiger partial charge on any atom is 0.251 e. The van der Waals surface area contributed by atoms with Gasteiger partial charge in [-0.3, -0.25) is 9.78 Å². The Hall–Kier alpha value is -3.10. The van der Waals surface area contributed by atoms with E-state index in [-0.39, 0.29) is 29.4 Å². The maximum atomic E-state index is 12.9. The molecule has 0 fully saturated rings. The van der Waals surface area contributed by atoms with Crippen LogP contribution in [0.1, 0.15) is 21.5 Å². The Morgan fingerprint density at radius 3 is 2.46 bits per heavy atom. The number of carbonyl (C=O) groups is 1. The highest BCUT2D eigenvalue weighted by atomic mass is 32.2. The quantitative estimate of drug-likeness (QED) is 0.639. The first-order chi connectivity index (χ1) is 13.4. The normalized spacial score (nSPS) is 11.2. The lowest BCUT2D eigenvalue weighted by atomic mass is 10.2. The highest BCUT2D eigenvalue weighted by molar-refractivity contribution is 7.89. The number of sulfonamides is 1. The lowest BCUT2D eigenvalue weighted by molar-refractivity contribution is 0.0950. The number of nitrogens with one attached hydrogen (secondary N) is 2. The minimum atomic E-state index is -3.79. The van der Waals surface area contributed by atoms with E-state index in [1.165, 1.54) is 36.4 Å². The Balaban J connectivity index is 1.66. The number of hydrogen-bond acceptors (Lipinski definition) is 4. The minimum absolute atomic E-state index is 0.00850. The van der Waals surface area contributed by atoms with Crippen molar-refractivity contribution in [2.24, 2.45) is 0 Å². The van der Waals surface area contributed by atoms with Gasteiger partial charge in [0, 0.05) is 31.0 Å². The van der Waals surface area contributed by atoms with Crippen LogP contribution in [-0.2, 0) is 23.1 Å². The monoisotopic (exact) mass is 399 g/mol. The van der Waals surface area contributed by atoms with Crippen molar-refractivity contribution in [3.05, 3.63) is 95.6 Å². The fraction of sp³-hybridized carbons (Fsp3) is 0.100. The van der Waals surface area contributed by atoms with Gasteiger partial charge in [0.15, 0.2) is 0 Å². The SMILES string of the molecule is O=C(NCc1ccc(F)cc1)c1cccc(S(=O)(=O)NCc2cccnc2)c1. The highest BCUT2D eigenvalue weighted by Gasteiger charge is 2.16. The first-order valence-corrected chi connectivity index (χ1v) is 9.94. The number of halogens is 1. The number of hydrogen-bond donors (Lipinski definition) is 2. The summed E-state index contributed by atoms with van der Waals surface area (Å²) in [5.41, 5.74) is 1.67. The Kier molecular flexibility index (Phi) is 6.13. The van der Waals surface area contributed by atoms with Gasteiger partial charge in [0.1, 0.15) is 5.82 Å². The molecule has 0 saturated heterocycles. The highest BCUT2D eigenvalue weighted by Crippen LogP contribution is 2.13. The van der Waals surface area contributed by atoms with Gasteiger partial charge in [-0.2, -0.15) is 0 Å². The Morgan fingerprint density at radius 2 is 1.75 bits per heavy atom. The zero-order valence-electron chi connectivity index (χ0n) is 14.8. The van der Waals surface area contributed by atoms with Crippen molar-refractivity contribution in [3.63, 3.8) is 0 Å². The number of aromatic nitrogens is 1. The fourth-order valence-corrected chi connectivity index (χ4v) is 3.52. The lowest BCUT2D eigenvalue weighted by Crippen LogP contribution is -2.25. The van der Waals surface area contributed by atoms with Crippen LogP contribution in [0.3, 0.4) is 0 Å². The molecule has 3 aromatic rings. The van der Waals surface area contributed by atoms with Crippen LogP contribution in [0.2, 0.25) is 0 Å². The summed E-state index contributed by atoms with van der Waals surface area (Å²) in [5, 5.41) is 2.69. The first kappa shape index (κ1) is 19.7. The van der Waals surface area contributed by atoms with Crippen LogP contribution in [0.4, 0.5) is 4.39 Å². The van der Waals surface area contributed by atoms with Gasteiger partial charge in [0.2, 0.25) is 10.0 Å². The molecule has 8 heteroatoms. The molecule has 0 aliphatic heterocycles. The van der Waals surface area contributed by atoms with E-state index in [0.717, 1.165) is 11.1 Å². The van der Waals surface area contributed by atoms with E-state index in [9.17, 15) is 17.6 Å². The van der Waals surface area contributed by atoms with Gasteiger partial charge in [-0.05, 0) is 47.5 Å². The number of rotatable bonds is 7. The van der Waals surface area contributed by atoms with Gasteiger partial charge in [-0.25, -0.2) is 17.5 Å². The van der Waals surface area contributed by atoms with Gasteiger partial charge in [0.25, 0.3) is 5.91 Å². The second-order valence-electron chi connectivity index (χ2n) is 6.02. The van der Waals surface area contributed by atoms with E-state index in [1.807, 2.05) is 0 Å². The number of amides is 1. The summed E-state index contributed by atoms with van der Waals surface area (Å²) in [4.78, 5) is 16.3. The van der Waals surface area contributed by atoms with E-state index >= 15 is 0 Å². The number of carbonyl (C=O) groups excluding carboxylic acids is 1. The van der Waals surface area contributed by atoms with Crippen molar-refractivity contribution < 1.29 is 17.6 Å². The molecular formula is C20H18FN3O3S. The summed E-state index contributed by atoms with van der Waals surface area (Å²) in [6.07, 6.45) is 3.17. The van der Waals surface area contributed by atoms with Gasteiger partial charge >= 0.3 is 0 Å². The molecule has 144 valence electrons. The molecule has 0 aliphatic carbocycles. The van der Waals surface area contributed by atoms with Crippen LogP contribution in [0.15, 0.2) is 78.0 Å². The number of pyridine rings is 1. The Morgan fingerprint density at radius 1 is 0.964 bits per heavy atom. The third-order valence-corrected chi connectivity index (χ3v) is 5.36. The molecule has 0 bridgehead atoms. The van der Waals surface area contributed by atoms with Crippen molar-refractivity contribution >= 4 is 15.9 Å². The van der Waals surface area contributed by atoms with Crippen molar-refractivity contribution in [2.45, 2.75) is 18.0 Å². The second-order valence-corrected chi connectivity index (χ2v) is 7.79. The van der Waals surface area contributed by atoms with E-state index < -0.39 is 15.9 Å². The molecule has 3 rings (SSSR count). The molecule has 0 atom stereocenters. The molecule has 1 aromatic heterocycles. The third kappa shape index (κ3) is 5.21. The molecule has 1 heterocycles. The second kappa shape index (κ2) is 8.73. The maximum absolute atomic E-state index is 12.9. The summed E-state index contributed by atoms with van der Waals surface area (Å²) in [7, 11) is -3.79. The minimum Gasteiger partial charge on any atom is -0.348 e. The van der Waals surface area contributed by atoms with Crippen LogP contribution in [0, 0.1) is 5.82 Å². The van der Waals surface area contributed by atoms with Gasteiger partial charge in [-0.15, -0.1) is 0 Å². The van der Waals surface area contributed by atoms with E-state index in [0.29, 0.717) is 0 Å². The van der Waals surface area contributed by atoms with Crippen LogP contribution >= 0.6 is 0 Å². The summed E-state index contributed by atoms with van der Waals surface area (Å²) in [6, 6.07) is 15.0. The molecule has 28 heavy (non-hydrogen) atoms. The van der Waals surface area contributed by atoms with Crippen molar-refractivity contribution in [2.75, 3.05) is 0 Å². The molecule has 2 N–H and O–H groups in total. The molecular weight excluding hydrogens is 381 g/mol. The summed E-state index contributed by atoms with van der Waals surface area (Å²) in [6.45, 7) is 0.298. The van der Waals surface area contributed by atoms with E-state index in [2.05, 4.69) is 15.0 Å². The van der Waals surface area contributed by atoms with Gasteiger partial charge < -0.3 is 5.32 Å². The third-order valence-electron chi connectivity index (χ3n) is 3.96. The Bertz CT molecular complexity index is 1060. The van der Waals surface area contributed by atoms with E-state index in [1.54, 1.807) is 36.7 Å². The van der Waals surface area contributed by atoms with Gasteiger partial charge in [-0.1, -0.05) is 24.3 Å². The van der Waals surface area contributed by atoms with Crippen molar-refractivity contribution in [1.82, 2.24) is 15.0 Å². The van der Waals surface area contributed by atoms with Crippen LogP contribution in [0.25, 0.3) is 0 Å². The van der Waals surface area contributed by atoms with Crippen LogP contribution in [-0.4, -0.2) is 19.3 Å². The molecule has 0 unspecified atom stereocenters. The van der Waals surface area contributed by atoms with Crippen molar-refractivity contribution in [1.29, 1.82) is 0 Å². The molecule has 0 radical (unpaired) electrons. The standard InChI is InChI=1S/C20H18FN3O3S/c21-18-8-6-15(7-9-18)13-23-20(25)17-4-1-5-19(11-17)28(26,27)24-14-16-3-2-10-22-12-16/h1-12,24H,13-14H2,(H,23,25). The first-order valence-electron chi connectivity index (χ1n) is 8.45.